The Balaban J connectivity index is 1.30. The molecule has 0 amide bonds. The molecule has 0 saturated heterocycles. The molecule has 0 spiro atoms. The maximum atomic E-state index is 5.96. The van der Waals surface area contributed by atoms with Crippen LogP contribution in [-0.4, -0.2) is 0 Å². The zero-order valence-corrected chi connectivity index (χ0v) is 21.2. The molecule has 0 aliphatic rings. The van der Waals surface area contributed by atoms with Gasteiger partial charge in [-0.2, -0.15) is 0 Å². The SMILES string of the molecule is CCc1ccc(-c2ccc(-c3ccc(C(C)(C)c4ccc(Oc5ccccc5)cc4)cc3)cc2)cc1. The molecule has 0 N–H and O–H groups in total. The van der Waals surface area contributed by atoms with E-state index in [0.29, 0.717) is 0 Å². The third kappa shape index (κ3) is 5.11. The summed E-state index contributed by atoms with van der Waals surface area (Å²) in [6, 6.07) is 45.0. The molecule has 5 aromatic rings. The molecule has 5 aromatic carbocycles. The quantitative estimate of drug-likeness (QED) is 0.231. The Morgan fingerprint density at radius 2 is 0.861 bits per heavy atom. The first-order valence-corrected chi connectivity index (χ1v) is 12.7. The second kappa shape index (κ2) is 10.3. The van der Waals surface area contributed by atoms with Crippen LogP contribution >= 0.6 is 0 Å². The molecule has 0 bridgehead atoms. The zero-order chi connectivity index (χ0) is 25.0. The van der Waals surface area contributed by atoms with E-state index in [0.717, 1.165) is 17.9 Å². The molecule has 0 heterocycles. The van der Waals surface area contributed by atoms with Crippen LogP contribution < -0.4 is 4.74 Å². The van der Waals surface area contributed by atoms with Crippen molar-refractivity contribution in [3.05, 3.63) is 144 Å². The Kier molecular flexibility index (Phi) is 6.73. The Morgan fingerprint density at radius 3 is 1.33 bits per heavy atom. The van der Waals surface area contributed by atoms with E-state index in [1.165, 1.54) is 38.9 Å². The van der Waals surface area contributed by atoms with Crippen molar-refractivity contribution in [3.63, 3.8) is 0 Å². The summed E-state index contributed by atoms with van der Waals surface area (Å²) in [7, 11) is 0. The van der Waals surface area contributed by atoms with Gasteiger partial charge in [0.1, 0.15) is 11.5 Å². The number of benzene rings is 5. The van der Waals surface area contributed by atoms with Crippen LogP contribution in [0.4, 0.5) is 0 Å². The van der Waals surface area contributed by atoms with Crippen LogP contribution in [0.2, 0.25) is 0 Å². The highest BCUT2D eigenvalue weighted by Gasteiger charge is 2.23. The van der Waals surface area contributed by atoms with Crippen LogP contribution in [0.1, 0.15) is 37.5 Å². The topological polar surface area (TPSA) is 9.23 Å². The van der Waals surface area contributed by atoms with Gasteiger partial charge in [0, 0.05) is 5.41 Å². The average molecular weight is 469 g/mol. The number of hydrogen-bond acceptors (Lipinski definition) is 1. The van der Waals surface area contributed by atoms with Gasteiger partial charge in [0.2, 0.25) is 0 Å². The molecule has 0 aliphatic carbocycles. The molecule has 0 unspecified atom stereocenters. The van der Waals surface area contributed by atoms with E-state index < -0.39 is 0 Å². The summed E-state index contributed by atoms with van der Waals surface area (Å²) in [6.07, 6.45) is 1.07. The first-order chi connectivity index (χ1) is 17.5. The van der Waals surface area contributed by atoms with Crippen molar-refractivity contribution >= 4 is 0 Å². The minimum Gasteiger partial charge on any atom is -0.457 e. The number of aryl methyl sites for hydroxylation is 1. The molecular formula is C35H32O. The fraction of sp³-hybridized carbons (Fsp3) is 0.143. The number of para-hydroxylation sites is 1. The fourth-order valence-electron chi connectivity index (χ4n) is 4.60. The maximum absolute atomic E-state index is 5.96. The van der Waals surface area contributed by atoms with Crippen LogP contribution in [0.5, 0.6) is 11.5 Å². The highest BCUT2D eigenvalue weighted by Crippen LogP contribution is 2.34. The molecule has 1 nitrogen and oxygen atoms in total. The van der Waals surface area contributed by atoms with Gasteiger partial charge in [0.25, 0.3) is 0 Å². The molecule has 1 heteroatoms. The Bertz CT molecular complexity index is 1390. The minimum absolute atomic E-state index is 0.113. The zero-order valence-electron chi connectivity index (χ0n) is 21.2. The summed E-state index contributed by atoms with van der Waals surface area (Å²) < 4.78 is 5.96. The molecule has 0 aliphatic heterocycles. The van der Waals surface area contributed by atoms with E-state index in [4.69, 9.17) is 4.74 Å². The molecule has 0 saturated carbocycles. The van der Waals surface area contributed by atoms with Gasteiger partial charge in [-0.1, -0.05) is 124 Å². The van der Waals surface area contributed by atoms with E-state index in [1.807, 2.05) is 30.3 Å². The van der Waals surface area contributed by atoms with Crippen molar-refractivity contribution in [1.82, 2.24) is 0 Å². The first-order valence-electron chi connectivity index (χ1n) is 12.7. The average Bonchev–Trinajstić information content (AvgIpc) is 2.94. The second-order valence-electron chi connectivity index (χ2n) is 9.77. The first kappa shape index (κ1) is 23.6. The summed E-state index contributed by atoms with van der Waals surface area (Å²) in [5.41, 5.74) is 8.78. The molecular weight excluding hydrogens is 436 g/mol. The van der Waals surface area contributed by atoms with Gasteiger partial charge in [-0.05, 0) is 69.6 Å². The van der Waals surface area contributed by atoms with Gasteiger partial charge in [-0.25, -0.2) is 0 Å². The highest BCUT2D eigenvalue weighted by atomic mass is 16.5. The number of rotatable bonds is 7. The highest BCUT2D eigenvalue weighted by molar-refractivity contribution is 5.70. The predicted molar refractivity (Wildman–Crippen MR) is 152 cm³/mol. The van der Waals surface area contributed by atoms with Crippen molar-refractivity contribution < 1.29 is 4.74 Å². The van der Waals surface area contributed by atoms with Crippen LogP contribution in [0.3, 0.4) is 0 Å². The van der Waals surface area contributed by atoms with E-state index in [1.54, 1.807) is 0 Å². The van der Waals surface area contributed by atoms with Gasteiger partial charge >= 0.3 is 0 Å². The maximum Gasteiger partial charge on any atom is 0.127 e. The van der Waals surface area contributed by atoms with Crippen molar-refractivity contribution in [2.24, 2.45) is 0 Å². The van der Waals surface area contributed by atoms with E-state index in [-0.39, 0.29) is 5.41 Å². The lowest BCUT2D eigenvalue weighted by molar-refractivity contribution is 0.482. The monoisotopic (exact) mass is 468 g/mol. The summed E-state index contributed by atoms with van der Waals surface area (Å²) in [4.78, 5) is 0. The van der Waals surface area contributed by atoms with E-state index in [2.05, 4.69) is 118 Å². The fourth-order valence-corrected chi connectivity index (χ4v) is 4.60. The van der Waals surface area contributed by atoms with E-state index >= 15 is 0 Å². The second-order valence-corrected chi connectivity index (χ2v) is 9.77. The van der Waals surface area contributed by atoms with Crippen LogP contribution in [0.25, 0.3) is 22.3 Å². The molecule has 0 atom stereocenters. The Hall–Kier alpha value is -4.10. The van der Waals surface area contributed by atoms with Crippen LogP contribution in [0, 0.1) is 0 Å². The lowest BCUT2D eigenvalue weighted by Gasteiger charge is -2.26. The van der Waals surface area contributed by atoms with Gasteiger partial charge in [0.15, 0.2) is 0 Å². The van der Waals surface area contributed by atoms with Crippen molar-refractivity contribution in [2.45, 2.75) is 32.6 Å². The third-order valence-electron chi connectivity index (χ3n) is 7.08. The standard InChI is InChI=1S/C35H32O/c1-4-26-10-12-27(13-11-26)28-14-16-29(17-15-28)30-18-20-31(21-19-30)35(2,3)32-22-24-34(25-23-32)36-33-8-6-5-7-9-33/h5-25H,4H2,1-3H3. The van der Waals surface area contributed by atoms with E-state index in [9.17, 15) is 0 Å². The van der Waals surface area contributed by atoms with Gasteiger partial charge in [-0.3, -0.25) is 0 Å². The predicted octanol–water partition coefficient (Wildman–Crippen LogP) is 9.70. The Labute approximate surface area is 215 Å². The van der Waals surface area contributed by atoms with Crippen LogP contribution in [0.15, 0.2) is 127 Å². The summed E-state index contributed by atoms with van der Waals surface area (Å²) >= 11 is 0. The number of hydrogen-bond donors (Lipinski definition) is 0. The molecule has 36 heavy (non-hydrogen) atoms. The van der Waals surface area contributed by atoms with Crippen LogP contribution in [-0.2, 0) is 11.8 Å². The summed E-state index contributed by atoms with van der Waals surface area (Å²) in [5, 5.41) is 0. The molecule has 0 fully saturated rings. The molecule has 0 radical (unpaired) electrons. The Morgan fingerprint density at radius 1 is 0.472 bits per heavy atom. The largest absolute Gasteiger partial charge is 0.457 e. The third-order valence-corrected chi connectivity index (χ3v) is 7.08. The van der Waals surface area contributed by atoms with Gasteiger partial charge in [-0.15, -0.1) is 0 Å². The summed E-state index contributed by atoms with van der Waals surface area (Å²) in [5.74, 6) is 1.70. The van der Waals surface area contributed by atoms with Gasteiger partial charge in [0.05, 0.1) is 0 Å². The lowest BCUT2D eigenvalue weighted by atomic mass is 9.78. The van der Waals surface area contributed by atoms with Crippen molar-refractivity contribution in [2.75, 3.05) is 0 Å². The number of ether oxygens (including phenoxy) is 1. The lowest BCUT2D eigenvalue weighted by Crippen LogP contribution is -2.18. The molecule has 178 valence electrons. The van der Waals surface area contributed by atoms with Crippen molar-refractivity contribution in [1.29, 1.82) is 0 Å². The normalized spacial score (nSPS) is 11.3. The molecule has 0 aromatic heterocycles. The minimum atomic E-state index is -0.113. The van der Waals surface area contributed by atoms with Crippen molar-refractivity contribution in [3.8, 4) is 33.8 Å². The smallest absolute Gasteiger partial charge is 0.127 e. The van der Waals surface area contributed by atoms with Gasteiger partial charge < -0.3 is 4.74 Å². The summed E-state index contributed by atoms with van der Waals surface area (Å²) in [6.45, 7) is 6.73. The molecule has 5 rings (SSSR count).